The lowest BCUT2D eigenvalue weighted by molar-refractivity contribution is -0.189. The molecular weight excluding hydrogens is 303 g/mol. The van der Waals surface area contributed by atoms with Gasteiger partial charge >= 0.3 is 6.18 Å². The summed E-state index contributed by atoms with van der Waals surface area (Å²) in [5.41, 5.74) is 0.240. The average Bonchev–Trinajstić information content (AvgIpc) is 2.63. The molecule has 92 valence electrons. The van der Waals surface area contributed by atoms with Crippen LogP contribution in [0.25, 0.3) is 5.65 Å². The summed E-state index contributed by atoms with van der Waals surface area (Å²) < 4.78 is 43.8. The van der Waals surface area contributed by atoms with Crippen LogP contribution >= 0.6 is 15.9 Å². The highest BCUT2D eigenvalue weighted by molar-refractivity contribution is 9.10. The van der Waals surface area contributed by atoms with Gasteiger partial charge in [-0.15, -0.1) is 0 Å². The van der Waals surface area contributed by atoms with E-state index in [-0.39, 0.29) is 11.5 Å². The molecule has 8 heteroatoms. The highest BCUT2D eigenvalue weighted by Crippen LogP contribution is 2.26. The monoisotopic (exact) mass is 309 g/mol. The molecule has 0 radical (unpaired) electrons. The van der Waals surface area contributed by atoms with Gasteiger partial charge in [0.05, 0.1) is 0 Å². The Morgan fingerprint density at radius 2 is 2.18 bits per heavy atom. The summed E-state index contributed by atoms with van der Waals surface area (Å²) in [6.45, 7) is 0.919. The molecule has 0 aliphatic rings. The van der Waals surface area contributed by atoms with Crippen molar-refractivity contribution in [1.82, 2.24) is 14.4 Å². The van der Waals surface area contributed by atoms with Crippen molar-refractivity contribution in [2.45, 2.75) is 19.2 Å². The van der Waals surface area contributed by atoms with Crippen LogP contribution in [0.3, 0.4) is 0 Å². The Kier molecular flexibility index (Phi) is 2.98. The fourth-order valence-corrected chi connectivity index (χ4v) is 1.57. The van der Waals surface area contributed by atoms with Crippen LogP contribution < -0.4 is 4.74 Å². The molecule has 0 spiro atoms. The molecule has 1 atom stereocenters. The van der Waals surface area contributed by atoms with Crippen molar-refractivity contribution >= 4 is 21.6 Å². The SMILES string of the molecule is CC(Oc1nc(Br)cn2ccnc12)C(F)(F)F. The number of hydrogen-bond donors (Lipinski definition) is 0. The summed E-state index contributed by atoms with van der Waals surface area (Å²) in [4.78, 5) is 7.72. The van der Waals surface area contributed by atoms with Gasteiger partial charge in [-0.1, -0.05) is 0 Å². The second-order valence-electron chi connectivity index (χ2n) is 3.33. The maximum atomic E-state index is 12.4. The molecule has 0 saturated carbocycles. The zero-order chi connectivity index (χ0) is 12.6. The van der Waals surface area contributed by atoms with Crippen LogP contribution in [-0.4, -0.2) is 26.6 Å². The maximum Gasteiger partial charge on any atom is 0.425 e. The molecule has 17 heavy (non-hydrogen) atoms. The minimum atomic E-state index is -4.44. The molecule has 2 aromatic rings. The number of imidazole rings is 1. The Hall–Kier alpha value is -1.31. The van der Waals surface area contributed by atoms with Gasteiger partial charge in [0.1, 0.15) is 4.60 Å². The lowest BCUT2D eigenvalue weighted by Gasteiger charge is -2.17. The van der Waals surface area contributed by atoms with E-state index in [1.54, 1.807) is 12.4 Å². The zero-order valence-electron chi connectivity index (χ0n) is 8.57. The van der Waals surface area contributed by atoms with E-state index >= 15 is 0 Å². The summed E-state index contributed by atoms with van der Waals surface area (Å²) in [7, 11) is 0. The molecule has 0 aliphatic heterocycles. The fraction of sp³-hybridized carbons (Fsp3) is 0.333. The van der Waals surface area contributed by atoms with Gasteiger partial charge < -0.3 is 4.74 Å². The molecule has 0 aromatic carbocycles. The van der Waals surface area contributed by atoms with Crippen LogP contribution in [0.15, 0.2) is 23.2 Å². The second kappa shape index (κ2) is 4.17. The molecule has 0 fully saturated rings. The molecular formula is C9H7BrF3N3O. The van der Waals surface area contributed by atoms with Crippen molar-refractivity contribution in [3.05, 3.63) is 23.2 Å². The van der Waals surface area contributed by atoms with E-state index in [0.717, 1.165) is 6.92 Å². The van der Waals surface area contributed by atoms with E-state index in [4.69, 9.17) is 4.74 Å². The Morgan fingerprint density at radius 1 is 1.47 bits per heavy atom. The molecule has 0 bridgehead atoms. The van der Waals surface area contributed by atoms with Gasteiger partial charge in [-0.05, 0) is 22.9 Å². The van der Waals surface area contributed by atoms with Gasteiger partial charge in [0.25, 0.3) is 5.88 Å². The van der Waals surface area contributed by atoms with Crippen LogP contribution in [0.1, 0.15) is 6.92 Å². The van der Waals surface area contributed by atoms with Crippen molar-refractivity contribution in [2.24, 2.45) is 0 Å². The van der Waals surface area contributed by atoms with E-state index in [0.29, 0.717) is 4.60 Å². The minimum absolute atomic E-state index is 0.158. The number of aromatic nitrogens is 3. The maximum absolute atomic E-state index is 12.4. The summed E-state index contributed by atoms with van der Waals surface area (Å²) in [5.74, 6) is -0.158. The van der Waals surface area contributed by atoms with Crippen LogP contribution in [-0.2, 0) is 0 Å². The van der Waals surface area contributed by atoms with Gasteiger partial charge in [0.15, 0.2) is 6.10 Å². The van der Waals surface area contributed by atoms with Gasteiger partial charge in [-0.25, -0.2) is 9.97 Å². The van der Waals surface area contributed by atoms with Gasteiger partial charge in [0.2, 0.25) is 5.65 Å². The van der Waals surface area contributed by atoms with Gasteiger partial charge in [-0.2, -0.15) is 13.2 Å². The normalized spacial score (nSPS) is 13.9. The number of halogens is 4. The van der Waals surface area contributed by atoms with Gasteiger partial charge in [0, 0.05) is 18.6 Å². The quantitative estimate of drug-likeness (QED) is 0.856. The molecule has 2 rings (SSSR count). The Labute approximate surface area is 103 Å². The van der Waals surface area contributed by atoms with Crippen molar-refractivity contribution in [2.75, 3.05) is 0 Å². The highest BCUT2D eigenvalue weighted by atomic mass is 79.9. The molecule has 0 aliphatic carbocycles. The summed E-state index contributed by atoms with van der Waals surface area (Å²) >= 11 is 3.09. The Morgan fingerprint density at radius 3 is 2.82 bits per heavy atom. The highest BCUT2D eigenvalue weighted by Gasteiger charge is 2.38. The minimum Gasteiger partial charge on any atom is -0.462 e. The van der Waals surface area contributed by atoms with Crippen LogP contribution in [0.5, 0.6) is 5.88 Å². The van der Waals surface area contributed by atoms with E-state index in [1.807, 2.05) is 0 Å². The van der Waals surface area contributed by atoms with Crippen molar-refractivity contribution in [3.8, 4) is 5.88 Å². The zero-order valence-corrected chi connectivity index (χ0v) is 10.2. The molecule has 0 N–H and O–H groups in total. The molecule has 0 amide bonds. The Bertz CT molecular complexity index is 540. The third kappa shape index (κ3) is 2.51. The summed E-state index contributed by atoms with van der Waals surface area (Å²) in [6, 6.07) is 0. The summed E-state index contributed by atoms with van der Waals surface area (Å²) in [5, 5.41) is 0. The third-order valence-electron chi connectivity index (χ3n) is 2.06. The molecule has 4 nitrogen and oxygen atoms in total. The molecule has 1 unspecified atom stereocenters. The van der Waals surface area contributed by atoms with Crippen molar-refractivity contribution < 1.29 is 17.9 Å². The van der Waals surface area contributed by atoms with Crippen LogP contribution in [0, 0.1) is 0 Å². The topological polar surface area (TPSA) is 39.4 Å². The van der Waals surface area contributed by atoms with E-state index < -0.39 is 12.3 Å². The van der Waals surface area contributed by atoms with Crippen LogP contribution in [0.2, 0.25) is 0 Å². The number of ether oxygens (including phenoxy) is 1. The average molecular weight is 310 g/mol. The number of hydrogen-bond acceptors (Lipinski definition) is 3. The number of rotatable bonds is 2. The predicted molar refractivity (Wildman–Crippen MR) is 56.8 cm³/mol. The van der Waals surface area contributed by atoms with Gasteiger partial charge in [-0.3, -0.25) is 4.40 Å². The first-order chi connectivity index (χ1) is 7.88. The third-order valence-corrected chi connectivity index (χ3v) is 2.45. The number of nitrogens with zero attached hydrogens (tertiary/aromatic N) is 3. The Balaban J connectivity index is 2.38. The fourth-order valence-electron chi connectivity index (χ4n) is 1.19. The lowest BCUT2D eigenvalue weighted by atomic mass is 10.4. The van der Waals surface area contributed by atoms with E-state index in [9.17, 15) is 13.2 Å². The standard InChI is InChI=1S/C9H7BrF3N3O/c1-5(9(11,12)13)17-8-7-14-2-3-16(7)4-6(10)15-8/h2-5H,1H3. The summed E-state index contributed by atoms with van der Waals surface area (Å²) in [6.07, 6.45) is -1.76. The molecule has 2 heterocycles. The first-order valence-corrected chi connectivity index (χ1v) is 5.40. The second-order valence-corrected chi connectivity index (χ2v) is 4.14. The van der Waals surface area contributed by atoms with Crippen LogP contribution in [0.4, 0.5) is 13.2 Å². The smallest absolute Gasteiger partial charge is 0.425 e. The van der Waals surface area contributed by atoms with Crippen molar-refractivity contribution in [1.29, 1.82) is 0 Å². The largest absolute Gasteiger partial charge is 0.462 e. The van der Waals surface area contributed by atoms with Crippen molar-refractivity contribution in [3.63, 3.8) is 0 Å². The predicted octanol–water partition coefficient (Wildman–Crippen LogP) is 2.82. The first kappa shape index (κ1) is 12.2. The number of alkyl halides is 3. The van der Waals surface area contributed by atoms with E-state index in [2.05, 4.69) is 25.9 Å². The number of fused-ring (bicyclic) bond motifs is 1. The first-order valence-electron chi connectivity index (χ1n) is 4.60. The van der Waals surface area contributed by atoms with E-state index in [1.165, 1.54) is 10.6 Å². The molecule has 2 aromatic heterocycles. The molecule has 0 saturated heterocycles. The lowest BCUT2D eigenvalue weighted by Crippen LogP contribution is -2.31.